The van der Waals surface area contributed by atoms with Crippen molar-refractivity contribution in [2.75, 3.05) is 28.6 Å². The molecular weight excluding hydrogens is 425 g/mol. The molecule has 0 saturated carbocycles. The standard InChI is InChI=1S/C10H14ClFN2OS.C7H5N3OS/c1-3-4-16(15)14-9-6-7(11)5-8(13-2)10(9)12;8-7-6-5(9-3-10-7)4(1-11)2-12-6/h5-6,13-14H,3-4H2,1-2H3;1-3H,(H2,8,9,10). The SMILES string of the molecule is CCCS(=O)Nc1cc(Cl)cc(NC)c1F.Nc1ncnc2c(C=O)csc12. The molecular formula is C17H19ClFN5O2S2. The largest absolute Gasteiger partial charge is 0.386 e. The molecule has 0 saturated heterocycles. The van der Waals surface area contributed by atoms with Gasteiger partial charge in [-0.1, -0.05) is 18.5 Å². The zero-order chi connectivity index (χ0) is 20.7. The van der Waals surface area contributed by atoms with Gasteiger partial charge >= 0.3 is 0 Å². The van der Waals surface area contributed by atoms with Crippen LogP contribution in [0.2, 0.25) is 5.02 Å². The van der Waals surface area contributed by atoms with E-state index in [0.29, 0.717) is 27.7 Å². The number of anilines is 3. The monoisotopic (exact) mass is 443 g/mol. The third-order valence-corrected chi connectivity index (χ3v) is 5.91. The van der Waals surface area contributed by atoms with Gasteiger partial charge in [0.2, 0.25) is 0 Å². The third-order valence-electron chi connectivity index (χ3n) is 3.46. The van der Waals surface area contributed by atoms with Crippen LogP contribution in [-0.4, -0.2) is 33.3 Å². The van der Waals surface area contributed by atoms with Crippen molar-refractivity contribution >= 4 is 67.6 Å². The number of hydrogen-bond acceptors (Lipinski definition) is 7. The molecule has 1 aromatic carbocycles. The summed E-state index contributed by atoms with van der Waals surface area (Å²) in [6, 6.07) is 2.90. The number of thiophene rings is 1. The molecule has 1 atom stereocenters. The molecule has 0 fully saturated rings. The van der Waals surface area contributed by atoms with Crippen molar-refractivity contribution in [2.45, 2.75) is 13.3 Å². The Hall–Kier alpha value is -2.30. The molecule has 0 amide bonds. The van der Waals surface area contributed by atoms with Crippen LogP contribution in [0.3, 0.4) is 0 Å². The van der Waals surface area contributed by atoms with E-state index in [0.717, 1.165) is 17.4 Å². The van der Waals surface area contributed by atoms with Crippen LogP contribution >= 0.6 is 22.9 Å². The van der Waals surface area contributed by atoms with E-state index in [4.69, 9.17) is 17.3 Å². The first-order valence-corrected chi connectivity index (χ1v) is 10.7. The first-order chi connectivity index (χ1) is 13.4. The van der Waals surface area contributed by atoms with E-state index >= 15 is 0 Å². The van der Waals surface area contributed by atoms with Crippen LogP contribution in [0.5, 0.6) is 0 Å². The van der Waals surface area contributed by atoms with Crippen molar-refractivity contribution in [3.8, 4) is 0 Å². The number of halogens is 2. The lowest BCUT2D eigenvalue weighted by atomic mass is 10.2. The molecule has 0 radical (unpaired) electrons. The second-order valence-corrected chi connectivity index (χ2v) is 8.08. The second kappa shape index (κ2) is 10.3. The van der Waals surface area contributed by atoms with E-state index in [-0.39, 0.29) is 11.4 Å². The van der Waals surface area contributed by atoms with Gasteiger partial charge in [-0.15, -0.1) is 11.3 Å². The summed E-state index contributed by atoms with van der Waals surface area (Å²) in [6.45, 7) is 1.91. The van der Waals surface area contributed by atoms with Crippen LogP contribution < -0.4 is 15.8 Å². The number of nitrogens with one attached hydrogen (secondary N) is 2. The Balaban J connectivity index is 0.000000207. The number of nitrogens with zero attached hydrogens (tertiary/aromatic N) is 2. The van der Waals surface area contributed by atoms with Gasteiger partial charge in [0.05, 0.1) is 27.2 Å². The smallest absolute Gasteiger partial charge is 0.170 e. The molecule has 0 spiro atoms. The van der Waals surface area contributed by atoms with E-state index < -0.39 is 16.8 Å². The molecule has 0 aliphatic heterocycles. The molecule has 2 heterocycles. The number of aldehydes is 1. The fourth-order valence-electron chi connectivity index (χ4n) is 2.18. The summed E-state index contributed by atoms with van der Waals surface area (Å²) < 4.78 is 28.6. The molecule has 2 aromatic heterocycles. The van der Waals surface area contributed by atoms with Crippen molar-refractivity contribution in [3.05, 3.63) is 40.2 Å². The molecule has 0 aliphatic carbocycles. The van der Waals surface area contributed by atoms with Gasteiger partial charge in [-0.2, -0.15) is 0 Å². The number of aromatic nitrogens is 2. The average molecular weight is 444 g/mol. The number of rotatable bonds is 6. The number of hydrogen-bond donors (Lipinski definition) is 3. The number of carbonyl (C=O) groups excluding carboxylic acids is 1. The quantitative estimate of drug-likeness (QED) is 0.495. The molecule has 28 heavy (non-hydrogen) atoms. The Morgan fingerprint density at radius 3 is 2.71 bits per heavy atom. The van der Waals surface area contributed by atoms with E-state index in [1.807, 2.05) is 6.92 Å². The van der Waals surface area contributed by atoms with Crippen molar-refractivity contribution in [3.63, 3.8) is 0 Å². The van der Waals surface area contributed by atoms with Gasteiger partial charge in [0.25, 0.3) is 0 Å². The lowest BCUT2D eigenvalue weighted by molar-refractivity contribution is 0.112. The molecule has 7 nitrogen and oxygen atoms in total. The lowest BCUT2D eigenvalue weighted by Gasteiger charge is -2.10. The number of nitrogens with two attached hydrogens (primary N) is 1. The minimum Gasteiger partial charge on any atom is -0.386 e. The minimum absolute atomic E-state index is 0.156. The molecule has 0 bridgehead atoms. The number of carbonyl (C=O) groups is 1. The fraction of sp³-hybridized carbons (Fsp3) is 0.235. The topological polar surface area (TPSA) is 110 Å². The fourth-order valence-corrected chi connectivity index (χ4v) is 4.13. The predicted octanol–water partition coefficient (Wildman–Crippen LogP) is 4.09. The highest BCUT2D eigenvalue weighted by atomic mass is 35.5. The maximum Gasteiger partial charge on any atom is 0.170 e. The van der Waals surface area contributed by atoms with Gasteiger partial charge in [0.1, 0.15) is 23.1 Å². The Labute approximate surface area is 173 Å². The van der Waals surface area contributed by atoms with E-state index in [1.54, 1.807) is 12.4 Å². The highest BCUT2D eigenvalue weighted by Crippen LogP contribution is 2.28. The molecule has 11 heteroatoms. The van der Waals surface area contributed by atoms with E-state index in [1.165, 1.54) is 29.8 Å². The summed E-state index contributed by atoms with van der Waals surface area (Å²) in [5.74, 6) is 0.426. The van der Waals surface area contributed by atoms with Crippen LogP contribution in [0.1, 0.15) is 23.7 Å². The highest BCUT2D eigenvalue weighted by molar-refractivity contribution is 7.86. The van der Waals surface area contributed by atoms with Crippen molar-refractivity contribution in [1.82, 2.24) is 9.97 Å². The zero-order valence-corrected chi connectivity index (χ0v) is 17.6. The highest BCUT2D eigenvalue weighted by Gasteiger charge is 2.11. The molecule has 0 aliphatic rings. The third kappa shape index (κ3) is 5.37. The summed E-state index contributed by atoms with van der Waals surface area (Å²) in [5, 5.41) is 4.80. The van der Waals surface area contributed by atoms with Crippen LogP contribution in [0.4, 0.5) is 21.6 Å². The summed E-state index contributed by atoms with van der Waals surface area (Å²) in [6.07, 6.45) is 2.89. The molecule has 4 N–H and O–H groups in total. The van der Waals surface area contributed by atoms with Gasteiger partial charge in [-0.3, -0.25) is 4.79 Å². The van der Waals surface area contributed by atoms with Crippen molar-refractivity contribution in [1.29, 1.82) is 0 Å². The molecule has 3 rings (SSSR count). The van der Waals surface area contributed by atoms with Gasteiger partial charge in [0, 0.05) is 23.2 Å². The van der Waals surface area contributed by atoms with Crippen LogP contribution in [0.15, 0.2) is 23.8 Å². The first-order valence-electron chi connectivity index (χ1n) is 8.15. The van der Waals surface area contributed by atoms with Crippen molar-refractivity contribution in [2.24, 2.45) is 0 Å². The molecule has 1 unspecified atom stereocenters. The van der Waals surface area contributed by atoms with Crippen LogP contribution in [0, 0.1) is 5.82 Å². The normalized spacial score (nSPS) is 11.4. The average Bonchev–Trinajstić information content (AvgIpc) is 3.09. The Morgan fingerprint density at radius 2 is 2.07 bits per heavy atom. The summed E-state index contributed by atoms with van der Waals surface area (Å²) in [5.41, 5.74) is 7.22. The molecule has 3 aromatic rings. The summed E-state index contributed by atoms with van der Waals surface area (Å²) in [7, 11) is 0.322. The predicted molar refractivity (Wildman–Crippen MR) is 115 cm³/mol. The summed E-state index contributed by atoms with van der Waals surface area (Å²) in [4.78, 5) is 18.3. The first kappa shape index (κ1) is 22.0. The number of fused-ring (bicyclic) bond motifs is 1. The van der Waals surface area contributed by atoms with Crippen molar-refractivity contribution < 1.29 is 13.4 Å². The van der Waals surface area contributed by atoms with Crippen LogP contribution in [-0.2, 0) is 11.0 Å². The Bertz CT molecular complexity index is 999. The minimum atomic E-state index is -1.28. The maximum atomic E-state index is 13.7. The lowest BCUT2D eigenvalue weighted by Crippen LogP contribution is -2.10. The zero-order valence-electron chi connectivity index (χ0n) is 15.2. The summed E-state index contributed by atoms with van der Waals surface area (Å²) >= 11 is 7.20. The maximum absolute atomic E-state index is 13.7. The van der Waals surface area contributed by atoms with Crippen LogP contribution in [0.25, 0.3) is 10.2 Å². The molecule has 150 valence electrons. The van der Waals surface area contributed by atoms with Gasteiger partial charge < -0.3 is 15.8 Å². The second-order valence-electron chi connectivity index (χ2n) is 5.46. The van der Waals surface area contributed by atoms with Gasteiger partial charge in [0.15, 0.2) is 12.1 Å². The van der Waals surface area contributed by atoms with Gasteiger partial charge in [-0.05, 0) is 18.6 Å². The van der Waals surface area contributed by atoms with E-state index in [9.17, 15) is 13.4 Å². The van der Waals surface area contributed by atoms with E-state index in [2.05, 4.69) is 20.0 Å². The Kier molecular flexibility index (Phi) is 8.09. The number of benzene rings is 1. The van der Waals surface area contributed by atoms with Gasteiger partial charge in [-0.25, -0.2) is 18.6 Å². The Morgan fingerprint density at radius 1 is 1.36 bits per heavy atom. The number of nitrogen functional groups attached to an aromatic ring is 1.